The minimum absolute atomic E-state index is 0. The number of ether oxygens (including phenoxy) is 1. The fraction of sp³-hybridized carbons (Fsp3) is 0.733. The molecular formula is C15H25ClN4O2. The lowest BCUT2D eigenvalue weighted by molar-refractivity contribution is -0.133. The van der Waals surface area contributed by atoms with E-state index in [4.69, 9.17) is 4.74 Å². The highest BCUT2D eigenvalue weighted by atomic mass is 35.5. The van der Waals surface area contributed by atoms with E-state index in [2.05, 4.69) is 10.4 Å². The molecule has 0 aromatic carbocycles. The summed E-state index contributed by atoms with van der Waals surface area (Å²) in [6.07, 6.45) is 6.92. The molecule has 2 fully saturated rings. The second-order valence-electron chi connectivity index (χ2n) is 6.29. The molecule has 22 heavy (non-hydrogen) atoms. The van der Waals surface area contributed by atoms with E-state index in [-0.39, 0.29) is 24.4 Å². The Kier molecular flexibility index (Phi) is 5.47. The van der Waals surface area contributed by atoms with Crippen LogP contribution in [0.25, 0.3) is 0 Å². The van der Waals surface area contributed by atoms with Crippen LogP contribution in [0.1, 0.15) is 30.9 Å². The minimum atomic E-state index is -0.298. The molecule has 6 nitrogen and oxygen atoms in total. The molecule has 124 valence electrons. The summed E-state index contributed by atoms with van der Waals surface area (Å²) in [5.41, 5.74) is 1.22. The van der Waals surface area contributed by atoms with Crippen molar-refractivity contribution in [3.8, 4) is 0 Å². The van der Waals surface area contributed by atoms with Gasteiger partial charge in [0, 0.05) is 45.1 Å². The number of halogens is 1. The Morgan fingerprint density at radius 3 is 2.73 bits per heavy atom. The van der Waals surface area contributed by atoms with E-state index in [1.54, 1.807) is 10.9 Å². The summed E-state index contributed by atoms with van der Waals surface area (Å²) in [6.45, 7) is 3.39. The van der Waals surface area contributed by atoms with Crippen molar-refractivity contribution in [2.24, 2.45) is 12.5 Å². The second kappa shape index (κ2) is 6.98. The van der Waals surface area contributed by atoms with Gasteiger partial charge in [0.15, 0.2) is 0 Å². The minimum Gasteiger partial charge on any atom is -0.381 e. The first kappa shape index (κ1) is 17.2. The summed E-state index contributed by atoms with van der Waals surface area (Å²) >= 11 is 0. The summed E-state index contributed by atoms with van der Waals surface area (Å²) in [5.74, 6) is 0.161. The molecule has 1 atom stereocenters. The predicted molar refractivity (Wildman–Crippen MR) is 85.9 cm³/mol. The molecule has 3 rings (SSSR count). The van der Waals surface area contributed by atoms with Crippen LogP contribution in [0.5, 0.6) is 0 Å². The van der Waals surface area contributed by atoms with Gasteiger partial charge in [-0.05, 0) is 31.7 Å². The predicted octanol–water partition coefficient (Wildman–Crippen LogP) is 1.13. The molecule has 0 saturated carbocycles. The summed E-state index contributed by atoms with van der Waals surface area (Å²) in [5, 5.41) is 7.30. The van der Waals surface area contributed by atoms with Gasteiger partial charge in [-0.1, -0.05) is 0 Å². The molecule has 1 amide bonds. The van der Waals surface area contributed by atoms with Crippen LogP contribution >= 0.6 is 12.4 Å². The number of nitrogens with zero attached hydrogens (tertiary/aromatic N) is 3. The zero-order valence-corrected chi connectivity index (χ0v) is 14.1. The molecule has 1 aromatic rings. The van der Waals surface area contributed by atoms with E-state index in [9.17, 15) is 4.79 Å². The van der Waals surface area contributed by atoms with Crippen LogP contribution in [0.15, 0.2) is 12.4 Å². The molecule has 2 aliphatic heterocycles. The van der Waals surface area contributed by atoms with E-state index in [1.165, 1.54) is 0 Å². The molecule has 0 aliphatic carbocycles. The first-order valence-corrected chi connectivity index (χ1v) is 7.66. The monoisotopic (exact) mass is 328 g/mol. The SMILES string of the molecule is CNC(C(=O)N1CCC2(CCOCC2)C1)c1cnn(C)c1.Cl. The van der Waals surface area contributed by atoms with Gasteiger partial charge in [-0.2, -0.15) is 5.10 Å². The van der Waals surface area contributed by atoms with Crippen LogP contribution in [0.2, 0.25) is 0 Å². The summed E-state index contributed by atoms with van der Waals surface area (Å²) < 4.78 is 7.20. The number of hydrogen-bond acceptors (Lipinski definition) is 4. The highest BCUT2D eigenvalue weighted by Gasteiger charge is 2.42. The van der Waals surface area contributed by atoms with Crippen molar-refractivity contribution >= 4 is 18.3 Å². The van der Waals surface area contributed by atoms with Gasteiger partial charge in [0.25, 0.3) is 0 Å². The van der Waals surface area contributed by atoms with Gasteiger partial charge in [-0.15, -0.1) is 12.4 Å². The Morgan fingerprint density at radius 2 is 2.14 bits per heavy atom. The number of carbonyl (C=O) groups excluding carboxylic acids is 1. The topological polar surface area (TPSA) is 59.4 Å². The standard InChI is InChI=1S/C15H24N4O2.ClH/c1-16-13(12-9-17-18(2)10-12)14(20)19-6-3-15(11-19)4-7-21-8-5-15;/h9-10,13,16H,3-8,11H2,1-2H3;1H. The Balaban J connectivity index is 0.00000176. The maximum atomic E-state index is 12.8. The lowest BCUT2D eigenvalue weighted by atomic mass is 9.80. The average molecular weight is 329 g/mol. The normalized spacial score (nSPS) is 21.6. The molecule has 0 bridgehead atoms. The molecule has 1 spiro atoms. The number of aromatic nitrogens is 2. The van der Waals surface area contributed by atoms with E-state index in [1.807, 2.05) is 25.2 Å². The van der Waals surface area contributed by atoms with Crippen LogP contribution in [0.3, 0.4) is 0 Å². The van der Waals surface area contributed by atoms with Gasteiger partial charge in [-0.3, -0.25) is 9.48 Å². The molecule has 3 heterocycles. The summed E-state index contributed by atoms with van der Waals surface area (Å²) in [7, 11) is 3.70. The van der Waals surface area contributed by atoms with Crippen molar-refractivity contribution in [2.75, 3.05) is 33.4 Å². The van der Waals surface area contributed by atoms with Gasteiger partial charge < -0.3 is 15.0 Å². The van der Waals surface area contributed by atoms with E-state index >= 15 is 0 Å². The molecule has 0 radical (unpaired) electrons. The number of nitrogens with one attached hydrogen (secondary N) is 1. The first-order chi connectivity index (χ1) is 10.1. The molecule has 1 N–H and O–H groups in total. The Hall–Kier alpha value is -1.11. The van der Waals surface area contributed by atoms with Crippen molar-refractivity contribution in [3.63, 3.8) is 0 Å². The molecule has 7 heteroatoms. The molecular weight excluding hydrogens is 304 g/mol. The number of carbonyl (C=O) groups is 1. The van der Waals surface area contributed by atoms with Crippen molar-refractivity contribution in [2.45, 2.75) is 25.3 Å². The van der Waals surface area contributed by atoms with Gasteiger partial charge >= 0.3 is 0 Å². The van der Waals surface area contributed by atoms with Crippen molar-refractivity contribution < 1.29 is 9.53 Å². The van der Waals surface area contributed by atoms with Gasteiger partial charge in [0.2, 0.25) is 5.91 Å². The van der Waals surface area contributed by atoms with Gasteiger partial charge in [-0.25, -0.2) is 0 Å². The summed E-state index contributed by atoms with van der Waals surface area (Å²) in [6, 6.07) is -0.298. The highest BCUT2D eigenvalue weighted by Crippen LogP contribution is 2.40. The highest BCUT2D eigenvalue weighted by molar-refractivity contribution is 5.85. The van der Waals surface area contributed by atoms with Crippen LogP contribution in [-0.2, 0) is 16.6 Å². The number of likely N-dealkylation sites (N-methyl/N-ethyl adjacent to an activating group) is 1. The fourth-order valence-electron chi connectivity index (χ4n) is 3.54. The number of hydrogen-bond donors (Lipinski definition) is 1. The fourth-order valence-corrected chi connectivity index (χ4v) is 3.54. The van der Waals surface area contributed by atoms with Crippen molar-refractivity contribution in [1.29, 1.82) is 0 Å². The Labute approximate surface area is 137 Å². The third-order valence-corrected chi connectivity index (χ3v) is 4.90. The van der Waals surface area contributed by atoms with Crippen LogP contribution < -0.4 is 5.32 Å². The van der Waals surface area contributed by atoms with E-state index in [0.717, 1.165) is 51.1 Å². The molecule has 1 aromatic heterocycles. The zero-order chi connectivity index (χ0) is 14.9. The largest absolute Gasteiger partial charge is 0.381 e. The maximum Gasteiger partial charge on any atom is 0.244 e. The smallest absolute Gasteiger partial charge is 0.244 e. The second-order valence-corrected chi connectivity index (χ2v) is 6.29. The van der Waals surface area contributed by atoms with Crippen LogP contribution in [0.4, 0.5) is 0 Å². The Morgan fingerprint density at radius 1 is 1.41 bits per heavy atom. The van der Waals surface area contributed by atoms with E-state index < -0.39 is 0 Å². The maximum absolute atomic E-state index is 12.8. The van der Waals surface area contributed by atoms with Crippen molar-refractivity contribution in [3.05, 3.63) is 18.0 Å². The average Bonchev–Trinajstić information content (AvgIpc) is 3.08. The van der Waals surface area contributed by atoms with Crippen LogP contribution in [0, 0.1) is 5.41 Å². The lowest BCUT2D eigenvalue weighted by Crippen LogP contribution is -2.40. The van der Waals surface area contributed by atoms with E-state index in [0.29, 0.717) is 5.41 Å². The summed E-state index contributed by atoms with van der Waals surface area (Å²) in [4.78, 5) is 14.8. The molecule has 2 saturated heterocycles. The van der Waals surface area contributed by atoms with Gasteiger partial charge in [0.1, 0.15) is 6.04 Å². The molecule has 2 aliphatic rings. The number of amides is 1. The van der Waals surface area contributed by atoms with Crippen molar-refractivity contribution in [1.82, 2.24) is 20.0 Å². The number of aryl methyl sites for hydroxylation is 1. The third-order valence-electron chi connectivity index (χ3n) is 4.90. The zero-order valence-electron chi connectivity index (χ0n) is 13.2. The van der Waals surface area contributed by atoms with Crippen LogP contribution in [-0.4, -0.2) is 53.9 Å². The third kappa shape index (κ3) is 3.29. The molecule has 1 unspecified atom stereocenters. The van der Waals surface area contributed by atoms with Gasteiger partial charge in [0.05, 0.1) is 6.20 Å². The quantitative estimate of drug-likeness (QED) is 0.903. The first-order valence-electron chi connectivity index (χ1n) is 7.66. The number of rotatable bonds is 3. The lowest BCUT2D eigenvalue weighted by Gasteiger charge is -2.33. The number of likely N-dealkylation sites (tertiary alicyclic amines) is 1. The Bertz CT molecular complexity index is 513.